The minimum Gasteiger partial charge on any atom is -0.432 e. The van der Waals surface area contributed by atoms with E-state index in [1.165, 1.54) is 6.07 Å². The molecule has 0 saturated carbocycles. The smallest absolute Gasteiger partial charge is 0.387 e. The van der Waals surface area contributed by atoms with E-state index in [0.717, 1.165) is 12.1 Å². The van der Waals surface area contributed by atoms with Gasteiger partial charge in [0, 0.05) is 11.8 Å². The Labute approximate surface area is 115 Å². The number of alkyl halides is 2. The molecule has 7 heteroatoms. The number of amides is 1. The number of rotatable bonds is 6. The van der Waals surface area contributed by atoms with Crippen LogP contribution in [-0.4, -0.2) is 18.6 Å². The lowest BCUT2D eigenvalue weighted by atomic mass is 10.0. The van der Waals surface area contributed by atoms with E-state index in [9.17, 15) is 18.0 Å². The highest BCUT2D eigenvalue weighted by Gasteiger charge is 2.16. The molecule has 0 aliphatic rings. The average molecular weight is 290 g/mol. The highest BCUT2D eigenvalue weighted by molar-refractivity contribution is 5.94. The Bertz CT molecular complexity index is 467. The predicted octanol–water partition coefficient (Wildman–Crippen LogP) is 2.74. The first-order valence-electron chi connectivity index (χ1n) is 6.10. The maximum atomic E-state index is 13.4. The number of carbonyl (C=O) groups excluding carboxylic acids is 1. The van der Waals surface area contributed by atoms with Gasteiger partial charge in [0.1, 0.15) is 0 Å². The van der Waals surface area contributed by atoms with Crippen molar-refractivity contribution in [3.8, 4) is 5.75 Å². The van der Waals surface area contributed by atoms with E-state index in [1.807, 2.05) is 13.8 Å². The third-order valence-corrected chi connectivity index (χ3v) is 2.48. The molecule has 0 aromatic heterocycles. The number of nitrogens with two attached hydrogens (primary N) is 1. The van der Waals surface area contributed by atoms with Crippen molar-refractivity contribution in [2.45, 2.75) is 32.9 Å². The number of halogens is 3. The molecule has 0 bridgehead atoms. The van der Waals surface area contributed by atoms with Crippen LogP contribution < -0.4 is 15.8 Å². The monoisotopic (exact) mass is 290 g/mol. The molecule has 0 spiro atoms. The molecule has 0 fully saturated rings. The summed E-state index contributed by atoms with van der Waals surface area (Å²) in [5.41, 5.74) is 5.80. The third-order valence-electron chi connectivity index (χ3n) is 2.48. The fraction of sp³-hybridized carbons (Fsp3) is 0.462. The fourth-order valence-corrected chi connectivity index (χ4v) is 1.62. The van der Waals surface area contributed by atoms with Crippen LogP contribution in [0.3, 0.4) is 0 Å². The number of hydrogen-bond donors (Lipinski definition) is 2. The van der Waals surface area contributed by atoms with Crippen molar-refractivity contribution in [3.05, 3.63) is 24.0 Å². The molecule has 1 amide bonds. The molecular formula is C13H17F3N2O2. The van der Waals surface area contributed by atoms with E-state index >= 15 is 0 Å². The van der Waals surface area contributed by atoms with Crippen molar-refractivity contribution in [1.82, 2.24) is 0 Å². The van der Waals surface area contributed by atoms with Crippen molar-refractivity contribution < 1.29 is 22.7 Å². The van der Waals surface area contributed by atoms with Crippen LogP contribution in [0, 0.1) is 11.7 Å². The zero-order valence-corrected chi connectivity index (χ0v) is 11.2. The van der Waals surface area contributed by atoms with E-state index in [-0.39, 0.29) is 11.6 Å². The van der Waals surface area contributed by atoms with Crippen LogP contribution in [0.5, 0.6) is 5.75 Å². The van der Waals surface area contributed by atoms with Gasteiger partial charge in [0.25, 0.3) is 0 Å². The molecule has 1 rings (SSSR count). The normalized spacial score (nSPS) is 12.6. The SMILES string of the molecule is CC(C)C[C@@H](N)C(=O)Nc1ccc(OC(F)F)c(F)c1. The molecule has 1 atom stereocenters. The second-order valence-corrected chi connectivity index (χ2v) is 4.75. The molecule has 20 heavy (non-hydrogen) atoms. The molecule has 3 N–H and O–H groups in total. The van der Waals surface area contributed by atoms with Crippen LogP contribution in [0.25, 0.3) is 0 Å². The summed E-state index contributed by atoms with van der Waals surface area (Å²) < 4.78 is 41.3. The Morgan fingerprint density at radius 2 is 2.05 bits per heavy atom. The van der Waals surface area contributed by atoms with Crippen molar-refractivity contribution in [1.29, 1.82) is 0 Å². The maximum absolute atomic E-state index is 13.4. The van der Waals surface area contributed by atoms with Gasteiger partial charge in [-0.15, -0.1) is 0 Å². The standard InChI is InChI=1S/C13H17F3N2O2/c1-7(2)5-10(17)12(19)18-8-3-4-11(9(14)6-8)20-13(15)16/h3-4,6-7,10,13H,5,17H2,1-2H3,(H,18,19)/t10-/m1/s1. The van der Waals surface area contributed by atoms with Gasteiger partial charge in [-0.05, 0) is 24.5 Å². The second kappa shape index (κ2) is 7.14. The highest BCUT2D eigenvalue weighted by Crippen LogP contribution is 2.23. The van der Waals surface area contributed by atoms with Gasteiger partial charge in [-0.2, -0.15) is 8.78 Å². The Morgan fingerprint density at radius 3 is 2.55 bits per heavy atom. The Morgan fingerprint density at radius 1 is 1.40 bits per heavy atom. The van der Waals surface area contributed by atoms with Crippen LogP contribution in [0.1, 0.15) is 20.3 Å². The summed E-state index contributed by atoms with van der Waals surface area (Å²) in [6, 6.07) is 2.47. The van der Waals surface area contributed by atoms with Crippen molar-refractivity contribution in [3.63, 3.8) is 0 Å². The first-order valence-corrected chi connectivity index (χ1v) is 6.10. The number of ether oxygens (including phenoxy) is 1. The van der Waals surface area contributed by atoms with Gasteiger partial charge in [0.2, 0.25) is 5.91 Å². The van der Waals surface area contributed by atoms with E-state index in [0.29, 0.717) is 6.42 Å². The van der Waals surface area contributed by atoms with Gasteiger partial charge in [0.05, 0.1) is 6.04 Å². The molecule has 1 aromatic carbocycles. The molecule has 0 heterocycles. The molecule has 0 unspecified atom stereocenters. The molecule has 0 radical (unpaired) electrons. The van der Waals surface area contributed by atoms with Gasteiger partial charge in [-0.1, -0.05) is 13.8 Å². The van der Waals surface area contributed by atoms with Gasteiger partial charge < -0.3 is 15.8 Å². The largest absolute Gasteiger partial charge is 0.432 e. The van der Waals surface area contributed by atoms with E-state index in [4.69, 9.17) is 5.73 Å². The first-order chi connectivity index (χ1) is 9.29. The summed E-state index contributed by atoms with van der Waals surface area (Å²) in [5.74, 6) is -1.78. The summed E-state index contributed by atoms with van der Waals surface area (Å²) in [7, 11) is 0. The number of hydrogen-bond acceptors (Lipinski definition) is 3. The predicted molar refractivity (Wildman–Crippen MR) is 69.1 cm³/mol. The van der Waals surface area contributed by atoms with E-state index in [2.05, 4.69) is 10.1 Å². The zero-order chi connectivity index (χ0) is 15.3. The molecule has 112 valence electrons. The Hall–Kier alpha value is -1.76. The third kappa shape index (κ3) is 5.08. The van der Waals surface area contributed by atoms with Crippen molar-refractivity contribution in [2.24, 2.45) is 11.7 Å². The molecule has 4 nitrogen and oxygen atoms in total. The Kier molecular flexibility index (Phi) is 5.82. The molecule has 0 aliphatic heterocycles. The second-order valence-electron chi connectivity index (χ2n) is 4.75. The van der Waals surface area contributed by atoms with Crippen molar-refractivity contribution in [2.75, 3.05) is 5.32 Å². The van der Waals surface area contributed by atoms with Crippen LogP contribution in [0.2, 0.25) is 0 Å². The summed E-state index contributed by atoms with van der Waals surface area (Å²) in [6.45, 7) is 0.733. The van der Waals surface area contributed by atoms with E-state index in [1.54, 1.807) is 0 Å². The number of benzene rings is 1. The number of carbonyl (C=O) groups is 1. The molecule has 0 saturated heterocycles. The first kappa shape index (κ1) is 16.3. The number of nitrogens with one attached hydrogen (secondary N) is 1. The number of anilines is 1. The lowest BCUT2D eigenvalue weighted by Crippen LogP contribution is -2.36. The van der Waals surface area contributed by atoms with Gasteiger partial charge in [-0.3, -0.25) is 4.79 Å². The zero-order valence-electron chi connectivity index (χ0n) is 11.2. The topological polar surface area (TPSA) is 64.4 Å². The average Bonchev–Trinajstić information content (AvgIpc) is 2.31. The van der Waals surface area contributed by atoms with Gasteiger partial charge in [-0.25, -0.2) is 4.39 Å². The fourth-order valence-electron chi connectivity index (χ4n) is 1.62. The molecular weight excluding hydrogens is 273 g/mol. The summed E-state index contributed by atoms with van der Waals surface area (Å²) >= 11 is 0. The Balaban J connectivity index is 2.69. The van der Waals surface area contributed by atoms with Gasteiger partial charge >= 0.3 is 6.61 Å². The van der Waals surface area contributed by atoms with Crippen LogP contribution in [-0.2, 0) is 4.79 Å². The van der Waals surface area contributed by atoms with Crippen LogP contribution >= 0.6 is 0 Å². The lowest BCUT2D eigenvalue weighted by Gasteiger charge is -2.14. The van der Waals surface area contributed by atoms with Crippen LogP contribution in [0.15, 0.2) is 18.2 Å². The maximum Gasteiger partial charge on any atom is 0.387 e. The minimum absolute atomic E-state index is 0.133. The molecule has 1 aromatic rings. The summed E-state index contributed by atoms with van der Waals surface area (Å²) in [5, 5.41) is 2.42. The molecule has 0 aliphatic carbocycles. The quantitative estimate of drug-likeness (QED) is 0.846. The summed E-state index contributed by atoms with van der Waals surface area (Å²) in [6.07, 6.45) is 0.487. The van der Waals surface area contributed by atoms with Gasteiger partial charge in [0.15, 0.2) is 11.6 Å². The minimum atomic E-state index is -3.11. The lowest BCUT2D eigenvalue weighted by molar-refractivity contribution is -0.117. The van der Waals surface area contributed by atoms with E-state index < -0.39 is 30.1 Å². The summed E-state index contributed by atoms with van der Waals surface area (Å²) in [4.78, 5) is 11.7. The highest BCUT2D eigenvalue weighted by atomic mass is 19.3. The van der Waals surface area contributed by atoms with Crippen molar-refractivity contribution >= 4 is 11.6 Å². The van der Waals surface area contributed by atoms with Crippen LogP contribution in [0.4, 0.5) is 18.9 Å².